The van der Waals surface area contributed by atoms with Crippen LogP contribution in [0.2, 0.25) is 0 Å². The van der Waals surface area contributed by atoms with Gasteiger partial charge in [0.25, 0.3) is 0 Å². The average Bonchev–Trinajstić information content (AvgIpc) is 2.72. The van der Waals surface area contributed by atoms with Crippen LogP contribution in [0.3, 0.4) is 0 Å². The molecule has 0 saturated heterocycles. The number of carbonyl (C=O) groups excluding carboxylic acids is 1. The Morgan fingerprint density at radius 1 is 0.862 bits per heavy atom. The van der Waals surface area contributed by atoms with Crippen molar-refractivity contribution in [3.05, 3.63) is 71.8 Å². The SMILES string of the molecule is CS(=O)(=O)N(CC(=O)N(Cc1ccccc1)Cc1ccccc1)C1CCCCC1. The molecule has 0 spiro atoms. The van der Waals surface area contributed by atoms with Crippen LogP contribution in [-0.4, -0.2) is 42.4 Å². The van der Waals surface area contributed by atoms with Crippen LogP contribution in [0.15, 0.2) is 60.7 Å². The van der Waals surface area contributed by atoms with E-state index in [0.29, 0.717) is 13.1 Å². The van der Waals surface area contributed by atoms with Gasteiger partial charge in [-0.05, 0) is 24.0 Å². The molecule has 1 fully saturated rings. The lowest BCUT2D eigenvalue weighted by Gasteiger charge is -2.33. The second kappa shape index (κ2) is 10.0. The van der Waals surface area contributed by atoms with Crippen LogP contribution in [0.25, 0.3) is 0 Å². The first-order valence-corrected chi connectivity index (χ1v) is 12.1. The maximum Gasteiger partial charge on any atom is 0.238 e. The normalized spacial score (nSPS) is 15.4. The van der Waals surface area contributed by atoms with Gasteiger partial charge in [0.05, 0.1) is 12.8 Å². The Bertz CT molecular complexity index is 837. The van der Waals surface area contributed by atoms with Gasteiger partial charge in [-0.25, -0.2) is 8.42 Å². The molecular formula is C23H30N2O3S. The van der Waals surface area contributed by atoms with Crippen molar-refractivity contribution in [3.63, 3.8) is 0 Å². The summed E-state index contributed by atoms with van der Waals surface area (Å²) in [6.45, 7) is 0.816. The van der Waals surface area contributed by atoms with Crippen LogP contribution in [0, 0.1) is 0 Å². The zero-order valence-corrected chi connectivity index (χ0v) is 17.9. The molecule has 0 bridgehead atoms. The maximum atomic E-state index is 13.3. The number of benzene rings is 2. The van der Waals surface area contributed by atoms with E-state index in [9.17, 15) is 13.2 Å². The Hall–Kier alpha value is -2.18. The molecule has 2 aromatic carbocycles. The Morgan fingerprint density at radius 2 is 1.34 bits per heavy atom. The van der Waals surface area contributed by atoms with Gasteiger partial charge in [0.2, 0.25) is 15.9 Å². The summed E-state index contributed by atoms with van der Waals surface area (Å²) in [5, 5.41) is 0. The summed E-state index contributed by atoms with van der Waals surface area (Å²) in [6, 6.07) is 19.6. The van der Waals surface area contributed by atoms with E-state index in [0.717, 1.165) is 43.2 Å². The molecule has 0 atom stereocenters. The fourth-order valence-electron chi connectivity index (χ4n) is 3.96. The van der Waals surface area contributed by atoms with Crippen LogP contribution in [0.5, 0.6) is 0 Å². The van der Waals surface area contributed by atoms with E-state index in [2.05, 4.69) is 0 Å². The molecule has 6 heteroatoms. The first-order valence-electron chi connectivity index (χ1n) is 10.3. The van der Waals surface area contributed by atoms with Crippen molar-refractivity contribution >= 4 is 15.9 Å². The fraction of sp³-hybridized carbons (Fsp3) is 0.435. The van der Waals surface area contributed by atoms with E-state index in [1.165, 1.54) is 10.6 Å². The first-order chi connectivity index (χ1) is 13.9. The molecule has 0 aliphatic heterocycles. The molecule has 5 nitrogen and oxygen atoms in total. The molecule has 1 aliphatic rings. The van der Waals surface area contributed by atoms with Gasteiger partial charge in [-0.1, -0.05) is 79.9 Å². The Kier molecular flexibility index (Phi) is 7.45. The van der Waals surface area contributed by atoms with Gasteiger partial charge < -0.3 is 4.90 Å². The zero-order valence-electron chi connectivity index (χ0n) is 17.0. The van der Waals surface area contributed by atoms with E-state index in [1.807, 2.05) is 60.7 Å². The number of amides is 1. The molecule has 156 valence electrons. The summed E-state index contributed by atoms with van der Waals surface area (Å²) in [6.07, 6.45) is 6.05. The number of hydrogen-bond donors (Lipinski definition) is 0. The summed E-state index contributed by atoms with van der Waals surface area (Å²) in [5.74, 6) is -0.159. The molecule has 3 rings (SSSR count). The molecule has 0 N–H and O–H groups in total. The van der Waals surface area contributed by atoms with Crippen molar-refractivity contribution in [3.8, 4) is 0 Å². The smallest absolute Gasteiger partial charge is 0.238 e. The van der Waals surface area contributed by atoms with Crippen molar-refractivity contribution in [1.82, 2.24) is 9.21 Å². The van der Waals surface area contributed by atoms with Gasteiger partial charge in [-0.2, -0.15) is 4.31 Å². The third kappa shape index (κ3) is 6.41. The van der Waals surface area contributed by atoms with E-state index in [1.54, 1.807) is 4.90 Å². The molecule has 29 heavy (non-hydrogen) atoms. The zero-order chi connectivity index (χ0) is 20.7. The van der Waals surface area contributed by atoms with Gasteiger partial charge in [0.1, 0.15) is 0 Å². The molecule has 1 saturated carbocycles. The average molecular weight is 415 g/mol. The van der Waals surface area contributed by atoms with Crippen LogP contribution < -0.4 is 0 Å². The number of hydrogen-bond acceptors (Lipinski definition) is 3. The van der Waals surface area contributed by atoms with Crippen molar-refractivity contribution < 1.29 is 13.2 Å². The van der Waals surface area contributed by atoms with Gasteiger partial charge in [0, 0.05) is 19.1 Å². The van der Waals surface area contributed by atoms with Gasteiger partial charge in [0.15, 0.2) is 0 Å². The molecule has 1 aliphatic carbocycles. The van der Waals surface area contributed by atoms with E-state index in [-0.39, 0.29) is 18.5 Å². The highest BCUT2D eigenvalue weighted by Gasteiger charge is 2.31. The van der Waals surface area contributed by atoms with Crippen molar-refractivity contribution in [2.45, 2.75) is 51.2 Å². The molecule has 1 amide bonds. The Labute approximate surface area is 174 Å². The number of carbonyl (C=O) groups is 1. The van der Waals surface area contributed by atoms with Gasteiger partial charge >= 0.3 is 0 Å². The number of nitrogens with zero attached hydrogens (tertiary/aromatic N) is 2. The summed E-state index contributed by atoms with van der Waals surface area (Å²) in [7, 11) is -3.45. The number of rotatable bonds is 8. The highest BCUT2D eigenvalue weighted by molar-refractivity contribution is 7.88. The van der Waals surface area contributed by atoms with Gasteiger partial charge in [-0.3, -0.25) is 4.79 Å². The van der Waals surface area contributed by atoms with Crippen LogP contribution >= 0.6 is 0 Å². The predicted octanol–water partition coefficient (Wildman–Crippen LogP) is 3.81. The highest BCUT2D eigenvalue weighted by atomic mass is 32.2. The quantitative estimate of drug-likeness (QED) is 0.660. The minimum Gasteiger partial charge on any atom is -0.333 e. The minimum atomic E-state index is -3.45. The summed E-state index contributed by atoms with van der Waals surface area (Å²) in [4.78, 5) is 15.0. The molecule has 2 aromatic rings. The lowest BCUT2D eigenvalue weighted by molar-refractivity contribution is -0.133. The van der Waals surface area contributed by atoms with Gasteiger partial charge in [-0.15, -0.1) is 0 Å². The van der Waals surface area contributed by atoms with Crippen molar-refractivity contribution in [1.29, 1.82) is 0 Å². The van der Waals surface area contributed by atoms with Crippen molar-refractivity contribution in [2.24, 2.45) is 0 Å². The second-order valence-electron chi connectivity index (χ2n) is 7.82. The minimum absolute atomic E-state index is 0.0713. The molecular weight excluding hydrogens is 384 g/mol. The summed E-state index contributed by atoms with van der Waals surface area (Å²) >= 11 is 0. The second-order valence-corrected chi connectivity index (χ2v) is 9.76. The van der Waals surface area contributed by atoms with E-state index >= 15 is 0 Å². The maximum absolute atomic E-state index is 13.3. The molecule has 0 unspecified atom stereocenters. The van der Waals surface area contributed by atoms with E-state index < -0.39 is 10.0 Å². The number of sulfonamides is 1. The van der Waals surface area contributed by atoms with Crippen LogP contribution in [0.4, 0.5) is 0 Å². The largest absolute Gasteiger partial charge is 0.333 e. The fourth-order valence-corrected chi connectivity index (χ4v) is 5.06. The van der Waals surface area contributed by atoms with Crippen molar-refractivity contribution in [2.75, 3.05) is 12.8 Å². The lowest BCUT2D eigenvalue weighted by Crippen LogP contribution is -2.47. The Morgan fingerprint density at radius 3 is 1.79 bits per heavy atom. The molecule has 0 radical (unpaired) electrons. The monoisotopic (exact) mass is 414 g/mol. The lowest BCUT2D eigenvalue weighted by atomic mass is 9.95. The first kappa shape index (κ1) is 21.5. The van der Waals surface area contributed by atoms with E-state index in [4.69, 9.17) is 0 Å². The van der Waals surface area contributed by atoms with Crippen LogP contribution in [-0.2, 0) is 27.9 Å². The highest BCUT2D eigenvalue weighted by Crippen LogP contribution is 2.24. The third-order valence-electron chi connectivity index (χ3n) is 5.48. The predicted molar refractivity (Wildman–Crippen MR) is 116 cm³/mol. The Balaban J connectivity index is 1.79. The third-order valence-corrected chi connectivity index (χ3v) is 6.76. The standard InChI is InChI=1S/C23H30N2O3S/c1-29(27,28)25(22-15-9-4-10-16-22)19-23(26)24(17-20-11-5-2-6-12-20)18-21-13-7-3-8-14-21/h2-3,5-8,11-14,22H,4,9-10,15-19H2,1H3. The topological polar surface area (TPSA) is 57.7 Å². The summed E-state index contributed by atoms with van der Waals surface area (Å²) < 4.78 is 26.3. The summed E-state index contributed by atoms with van der Waals surface area (Å²) in [5.41, 5.74) is 2.06. The molecule has 0 aromatic heterocycles. The van der Waals surface area contributed by atoms with Crippen LogP contribution in [0.1, 0.15) is 43.2 Å². The molecule has 0 heterocycles.